The van der Waals surface area contributed by atoms with Crippen molar-refractivity contribution in [1.29, 1.82) is 0 Å². The van der Waals surface area contributed by atoms with Crippen LogP contribution in [0, 0.1) is 5.82 Å². The van der Waals surface area contributed by atoms with E-state index in [1.807, 2.05) is 0 Å². The summed E-state index contributed by atoms with van der Waals surface area (Å²) in [7, 11) is 0. The maximum absolute atomic E-state index is 13.0. The molecule has 0 spiro atoms. The predicted molar refractivity (Wildman–Crippen MR) is 114 cm³/mol. The zero-order valence-electron chi connectivity index (χ0n) is 15.9. The second kappa shape index (κ2) is 9.19. The van der Waals surface area contributed by atoms with Gasteiger partial charge in [0.1, 0.15) is 11.9 Å². The fraction of sp³-hybridized carbons (Fsp3) is 0.200. The van der Waals surface area contributed by atoms with Gasteiger partial charge in [0.05, 0.1) is 6.42 Å². The van der Waals surface area contributed by atoms with Crippen molar-refractivity contribution < 1.29 is 18.8 Å². The number of benzene rings is 2. The van der Waals surface area contributed by atoms with Gasteiger partial charge in [-0.2, -0.15) is 0 Å². The number of amides is 3. The molecular formula is C20H18ClFN4O3S. The minimum atomic E-state index is -1.01. The van der Waals surface area contributed by atoms with Gasteiger partial charge in [-0.25, -0.2) is 9.40 Å². The van der Waals surface area contributed by atoms with Crippen LogP contribution < -0.4 is 10.7 Å². The van der Waals surface area contributed by atoms with Crippen LogP contribution in [0.5, 0.6) is 0 Å². The summed E-state index contributed by atoms with van der Waals surface area (Å²) in [5, 5.41) is 4.41. The van der Waals surface area contributed by atoms with Crippen molar-refractivity contribution in [3.8, 4) is 0 Å². The third kappa shape index (κ3) is 4.74. The molecule has 1 heterocycles. The molecule has 1 fully saturated rings. The van der Waals surface area contributed by atoms with Crippen LogP contribution in [0.25, 0.3) is 0 Å². The number of anilines is 1. The second-order valence-electron chi connectivity index (χ2n) is 6.46. The number of nitrogens with one attached hydrogen (secondary N) is 2. The first kappa shape index (κ1) is 21.7. The summed E-state index contributed by atoms with van der Waals surface area (Å²) in [5.74, 6) is -1.80. The molecule has 1 unspecified atom stereocenters. The quantitative estimate of drug-likeness (QED) is 0.664. The van der Waals surface area contributed by atoms with E-state index in [0.29, 0.717) is 22.8 Å². The molecule has 3 amide bonds. The van der Waals surface area contributed by atoms with Crippen molar-refractivity contribution >= 4 is 52.3 Å². The largest absolute Gasteiger partial charge is 0.326 e. The summed E-state index contributed by atoms with van der Waals surface area (Å²) in [6.07, 6.45) is -0.256. The fourth-order valence-electron chi connectivity index (χ4n) is 2.94. The lowest BCUT2D eigenvalue weighted by molar-refractivity contribution is -0.130. The monoisotopic (exact) mass is 448 g/mol. The van der Waals surface area contributed by atoms with Gasteiger partial charge in [0.2, 0.25) is 5.91 Å². The normalized spacial score (nSPS) is 16.0. The maximum atomic E-state index is 13.0. The molecule has 1 aliphatic rings. The predicted octanol–water partition coefficient (Wildman–Crippen LogP) is 2.97. The highest BCUT2D eigenvalue weighted by molar-refractivity contribution is 7.80. The first-order valence-corrected chi connectivity index (χ1v) is 9.85. The number of hydrazine groups is 1. The van der Waals surface area contributed by atoms with E-state index in [2.05, 4.69) is 10.7 Å². The molecule has 0 aromatic heterocycles. The SMILES string of the molecule is CCN1C(=O)C(CC(=O)Nc2ccc(F)cc2)N(NC(=O)c2ccc(Cl)cc2)C1=S. The standard InChI is InChI=1S/C20H18ClFN4O3S/c1-2-25-19(29)16(11-17(27)23-15-9-7-14(22)8-10-15)26(20(25)30)24-18(28)12-3-5-13(21)6-4-12/h3-10,16H,2,11H2,1H3,(H,23,27)(H,24,28). The van der Waals surface area contributed by atoms with Crippen LogP contribution >= 0.6 is 23.8 Å². The lowest BCUT2D eigenvalue weighted by Gasteiger charge is -2.24. The zero-order chi connectivity index (χ0) is 21.8. The van der Waals surface area contributed by atoms with Gasteiger partial charge < -0.3 is 5.32 Å². The van der Waals surface area contributed by atoms with Gasteiger partial charge in [-0.05, 0) is 67.7 Å². The van der Waals surface area contributed by atoms with E-state index in [-0.39, 0.29) is 11.5 Å². The van der Waals surface area contributed by atoms with Crippen LogP contribution in [0.15, 0.2) is 48.5 Å². The molecule has 1 atom stereocenters. The van der Waals surface area contributed by atoms with Gasteiger partial charge in [0.25, 0.3) is 11.8 Å². The fourth-order valence-corrected chi connectivity index (χ4v) is 3.46. The average Bonchev–Trinajstić information content (AvgIpc) is 2.93. The molecule has 1 saturated heterocycles. The Morgan fingerprint density at radius 3 is 2.37 bits per heavy atom. The number of hydrogen-bond donors (Lipinski definition) is 2. The molecule has 2 aromatic carbocycles. The van der Waals surface area contributed by atoms with Crippen LogP contribution in [-0.4, -0.2) is 45.3 Å². The second-order valence-corrected chi connectivity index (χ2v) is 7.26. The van der Waals surface area contributed by atoms with Crippen molar-refractivity contribution in [2.75, 3.05) is 11.9 Å². The summed E-state index contributed by atoms with van der Waals surface area (Å²) in [4.78, 5) is 39.1. The van der Waals surface area contributed by atoms with Gasteiger partial charge in [-0.15, -0.1) is 0 Å². The smallest absolute Gasteiger partial charge is 0.269 e. The maximum Gasteiger partial charge on any atom is 0.269 e. The Morgan fingerprint density at radius 2 is 1.77 bits per heavy atom. The van der Waals surface area contributed by atoms with Crippen molar-refractivity contribution in [3.05, 3.63) is 64.9 Å². The number of halogens is 2. The average molecular weight is 449 g/mol. The topological polar surface area (TPSA) is 81.8 Å². The van der Waals surface area contributed by atoms with Crippen molar-refractivity contribution in [2.45, 2.75) is 19.4 Å². The molecule has 10 heteroatoms. The van der Waals surface area contributed by atoms with E-state index < -0.39 is 29.6 Å². The van der Waals surface area contributed by atoms with Gasteiger partial charge in [0.15, 0.2) is 5.11 Å². The van der Waals surface area contributed by atoms with Crippen LogP contribution in [0.4, 0.5) is 10.1 Å². The molecule has 2 N–H and O–H groups in total. The molecule has 7 nitrogen and oxygen atoms in total. The summed E-state index contributed by atoms with van der Waals surface area (Å²) in [6, 6.07) is 10.4. The number of carbonyl (C=O) groups is 3. The molecule has 0 bridgehead atoms. The highest BCUT2D eigenvalue weighted by Crippen LogP contribution is 2.20. The molecule has 2 aromatic rings. The van der Waals surface area contributed by atoms with Gasteiger partial charge in [-0.3, -0.25) is 24.7 Å². The summed E-state index contributed by atoms with van der Waals surface area (Å²) in [5.41, 5.74) is 3.31. The number of thiocarbonyl (C=S) groups is 1. The minimum Gasteiger partial charge on any atom is -0.326 e. The van der Waals surface area contributed by atoms with Crippen molar-refractivity contribution in [3.63, 3.8) is 0 Å². The molecular weight excluding hydrogens is 431 g/mol. The molecule has 1 aliphatic heterocycles. The Kier molecular flexibility index (Phi) is 6.63. The van der Waals surface area contributed by atoms with Crippen molar-refractivity contribution in [2.24, 2.45) is 0 Å². The Bertz CT molecular complexity index is 985. The third-order valence-corrected chi connectivity index (χ3v) is 5.12. The summed E-state index contributed by atoms with van der Waals surface area (Å²) >= 11 is 11.2. The molecule has 0 radical (unpaired) electrons. The Labute approximate surface area is 182 Å². The van der Waals surface area contributed by atoms with E-state index in [1.165, 1.54) is 46.3 Å². The molecule has 30 heavy (non-hydrogen) atoms. The summed E-state index contributed by atoms with van der Waals surface area (Å²) in [6.45, 7) is 2.03. The molecule has 0 saturated carbocycles. The number of nitrogens with zero attached hydrogens (tertiary/aromatic N) is 2. The van der Waals surface area contributed by atoms with Gasteiger partial charge in [-0.1, -0.05) is 11.6 Å². The minimum absolute atomic E-state index is 0.101. The molecule has 3 rings (SSSR count). The van der Waals surface area contributed by atoms with E-state index >= 15 is 0 Å². The first-order valence-electron chi connectivity index (χ1n) is 9.06. The number of rotatable bonds is 6. The van der Waals surface area contributed by atoms with Gasteiger partial charge in [0, 0.05) is 22.8 Å². The van der Waals surface area contributed by atoms with E-state index in [9.17, 15) is 18.8 Å². The zero-order valence-corrected chi connectivity index (χ0v) is 17.5. The van der Waals surface area contributed by atoms with Crippen molar-refractivity contribution in [1.82, 2.24) is 15.3 Å². The van der Waals surface area contributed by atoms with Crippen LogP contribution in [0.2, 0.25) is 5.02 Å². The third-order valence-electron chi connectivity index (χ3n) is 4.45. The van der Waals surface area contributed by atoms with E-state index in [4.69, 9.17) is 23.8 Å². The highest BCUT2D eigenvalue weighted by Gasteiger charge is 2.43. The number of likely N-dealkylation sites (N-methyl/N-ethyl adjacent to an activating group) is 1. The Balaban J connectivity index is 1.75. The first-order chi connectivity index (χ1) is 14.3. The number of hydrogen-bond acceptors (Lipinski definition) is 4. The lowest BCUT2D eigenvalue weighted by atomic mass is 10.1. The number of carbonyl (C=O) groups excluding carboxylic acids is 3. The molecule has 0 aliphatic carbocycles. The van der Waals surface area contributed by atoms with E-state index in [1.54, 1.807) is 19.1 Å². The van der Waals surface area contributed by atoms with Crippen LogP contribution in [-0.2, 0) is 9.59 Å². The Hall–Kier alpha value is -3.04. The lowest BCUT2D eigenvalue weighted by Crippen LogP contribution is -2.49. The van der Waals surface area contributed by atoms with Gasteiger partial charge >= 0.3 is 0 Å². The summed E-state index contributed by atoms with van der Waals surface area (Å²) < 4.78 is 13.0. The molecule has 156 valence electrons. The van der Waals surface area contributed by atoms with E-state index in [0.717, 1.165) is 0 Å². The Morgan fingerprint density at radius 1 is 1.13 bits per heavy atom. The van der Waals surface area contributed by atoms with Crippen LogP contribution in [0.3, 0.4) is 0 Å². The van der Waals surface area contributed by atoms with Crippen LogP contribution in [0.1, 0.15) is 23.7 Å². The highest BCUT2D eigenvalue weighted by atomic mass is 35.5.